The van der Waals surface area contributed by atoms with Crippen LogP contribution in [0.25, 0.3) is 0 Å². The predicted octanol–water partition coefficient (Wildman–Crippen LogP) is 2.24. The molecule has 1 N–H and O–H groups in total. The zero-order valence-corrected chi connectivity index (χ0v) is 20.6. The summed E-state index contributed by atoms with van der Waals surface area (Å²) in [7, 11) is -0.511. The summed E-state index contributed by atoms with van der Waals surface area (Å²) < 4.78 is 48.8. The number of nitrogens with zero attached hydrogens (tertiary/aromatic N) is 1. The second kappa shape index (κ2) is 12.0. The number of benzene rings is 2. The predicted molar refractivity (Wildman–Crippen MR) is 127 cm³/mol. The van der Waals surface area contributed by atoms with Crippen LogP contribution in [0.3, 0.4) is 0 Å². The number of amides is 1. The molecule has 0 radical (unpaired) electrons. The Balaban J connectivity index is 1.55. The summed E-state index contributed by atoms with van der Waals surface area (Å²) in [5.41, 5.74) is 0.661. The van der Waals surface area contributed by atoms with Gasteiger partial charge < -0.3 is 24.3 Å². The van der Waals surface area contributed by atoms with Crippen LogP contribution in [0, 0.1) is 0 Å². The fourth-order valence-electron chi connectivity index (χ4n) is 3.58. The van der Waals surface area contributed by atoms with E-state index >= 15 is 0 Å². The van der Waals surface area contributed by atoms with E-state index in [9.17, 15) is 13.2 Å². The van der Waals surface area contributed by atoms with E-state index in [1.165, 1.54) is 17.5 Å². The van der Waals surface area contributed by atoms with Crippen molar-refractivity contribution < 1.29 is 32.2 Å². The largest absolute Gasteiger partial charge is 0.497 e. The van der Waals surface area contributed by atoms with Crippen LogP contribution in [-0.4, -0.2) is 71.8 Å². The van der Waals surface area contributed by atoms with Gasteiger partial charge >= 0.3 is 0 Å². The first-order valence-electron chi connectivity index (χ1n) is 11.1. The fourth-order valence-corrected chi connectivity index (χ4v) is 5.04. The van der Waals surface area contributed by atoms with Crippen molar-refractivity contribution in [3.63, 3.8) is 0 Å². The van der Waals surface area contributed by atoms with Gasteiger partial charge in [-0.15, -0.1) is 0 Å². The summed E-state index contributed by atoms with van der Waals surface area (Å²) in [4.78, 5) is 12.7. The van der Waals surface area contributed by atoms with E-state index in [0.717, 1.165) is 5.75 Å². The minimum absolute atomic E-state index is 0.158. The number of hydrogen-bond acceptors (Lipinski definition) is 7. The molecule has 0 aromatic heterocycles. The van der Waals surface area contributed by atoms with Crippen molar-refractivity contribution in [1.82, 2.24) is 9.62 Å². The average molecular weight is 493 g/mol. The van der Waals surface area contributed by atoms with Gasteiger partial charge in [0.15, 0.2) is 0 Å². The molecule has 1 saturated heterocycles. The molecule has 2 aromatic carbocycles. The van der Waals surface area contributed by atoms with Crippen LogP contribution in [0.4, 0.5) is 0 Å². The highest BCUT2D eigenvalue weighted by molar-refractivity contribution is 7.89. The Morgan fingerprint density at radius 3 is 2.38 bits per heavy atom. The molecule has 1 aliphatic heterocycles. The Labute approximate surface area is 201 Å². The first kappa shape index (κ1) is 25.8. The smallest absolute Gasteiger partial charge is 0.243 e. The van der Waals surface area contributed by atoms with Crippen LogP contribution in [0.15, 0.2) is 47.4 Å². The SMILES string of the molecule is COc1ccc(OC[C@@H](C)NC(=O)CCc2cc(S(=O)(=O)N3CCOCC3)ccc2OC)cc1. The van der Waals surface area contributed by atoms with Crippen molar-refractivity contribution in [1.29, 1.82) is 0 Å². The lowest BCUT2D eigenvalue weighted by Gasteiger charge is -2.26. The Bertz CT molecular complexity index is 1050. The highest BCUT2D eigenvalue weighted by Gasteiger charge is 2.27. The van der Waals surface area contributed by atoms with Gasteiger partial charge in [-0.2, -0.15) is 4.31 Å². The molecule has 0 aliphatic carbocycles. The molecule has 2 aromatic rings. The molecule has 1 aliphatic rings. The van der Waals surface area contributed by atoms with Crippen molar-refractivity contribution in [3.05, 3.63) is 48.0 Å². The van der Waals surface area contributed by atoms with Crippen LogP contribution >= 0.6 is 0 Å². The topological polar surface area (TPSA) is 103 Å². The first-order chi connectivity index (χ1) is 16.3. The summed E-state index contributed by atoms with van der Waals surface area (Å²) in [5.74, 6) is 1.81. The van der Waals surface area contributed by atoms with Gasteiger partial charge in [-0.05, 0) is 61.4 Å². The highest BCUT2D eigenvalue weighted by Crippen LogP contribution is 2.26. The van der Waals surface area contributed by atoms with Gasteiger partial charge in [0.2, 0.25) is 15.9 Å². The quantitative estimate of drug-likeness (QED) is 0.513. The van der Waals surface area contributed by atoms with Gasteiger partial charge in [-0.3, -0.25) is 4.79 Å². The number of morpholine rings is 1. The van der Waals surface area contributed by atoms with Gasteiger partial charge in [0.25, 0.3) is 0 Å². The molecule has 1 atom stereocenters. The first-order valence-corrected chi connectivity index (χ1v) is 12.6. The van der Waals surface area contributed by atoms with E-state index in [2.05, 4.69) is 5.32 Å². The number of aryl methyl sites for hydroxylation is 1. The molecule has 1 amide bonds. The van der Waals surface area contributed by atoms with Gasteiger partial charge in [0.05, 0.1) is 38.4 Å². The van der Waals surface area contributed by atoms with Gasteiger partial charge in [0.1, 0.15) is 23.9 Å². The molecule has 34 heavy (non-hydrogen) atoms. The van der Waals surface area contributed by atoms with E-state index in [-0.39, 0.29) is 23.3 Å². The van der Waals surface area contributed by atoms with Crippen LogP contribution in [0.5, 0.6) is 17.2 Å². The number of nitrogens with one attached hydrogen (secondary N) is 1. The normalized spacial score (nSPS) is 15.4. The third-order valence-corrected chi connectivity index (χ3v) is 7.34. The Morgan fingerprint density at radius 1 is 1.06 bits per heavy atom. The third kappa shape index (κ3) is 6.85. The minimum atomic E-state index is -3.63. The monoisotopic (exact) mass is 492 g/mol. The highest BCUT2D eigenvalue weighted by atomic mass is 32.2. The summed E-state index contributed by atoms with van der Waals surface area (Å²) in [6.45, 7) is 3.57. The number of carbonyl (C=O) groups is 1. The molecule has 10 heteroatoms. The zero-order valence-electron chi connectivity index (χ0n) is 19.8. The molecular formula is C24H32N2O7S. The van der Waals surface area contributed by atoms with E-state index in [1.807, 2.05) is 6.92 Å². The Hall–Kier alpha value is -2.82. The second-order valence-electron chi connectivity index (χ2n) is 7.95. The number of sulfonamides is 1. The molecule has 186 valence electrons. The molecule has 1 fully saturated rings. The number of methoxy groups -OCH3 is 2. The van der Waals surface area contributed by atoms with Crippen molar-refractivity contribution in [3.8, 4) is 17.2 Å². The van der Waals surface area contributed by atoms with E-state index < -0.39 is 10.0 Å². The number of hydrogen-bond donors (Lipinski definition) is 1. The molecule has 0 bridgehead atoms. The summed E-state index contributed by atoms with van der Waals surface area (Å²) in [5, 5.41) is 2.91. The molecule has 0 spiro atoms. The van der Waals surface area contributed by atoms with Crippen molar-refractivity contribution in [2.45, 2.75) is 30.7 Å². The van der Waals surface area contributed by atoms with Crippen LogP contribution in [-0.2, 0) is 26.0 Å². The van der Waals surface area contributed by atoms with E-state index in [1.54, 1.807) is 43.5 Å². The lowest BCUT2D eigenvalue weighted by Crippen LogP contribution is -2.40. The minimum Gasteiger partial charge on any atom is -0.497 e. The Kier molecular flexibility index (Phi) is 9.14. The summed E-state index contributed by atoms with van der Waals surface area (Å²) >= 11 is 0. The fraction of sp³-hybridized carbons (Fsp3) is 0.458. The van der Waals surface area contributed by atoms with Crippen molar-refractivity contribution in [2.75, 3.05) is 47.1 Å². The number of ether oxygens (including phenoxy) is 4. The van der Waals surface area contributed by atoms with Crippen molar-refractivity contribution >= 4 is 15.9 Å². The number of rotatable bonds is 11. The third-order valence-electron chi connectivity index (χ3n) is 5.45. The van der Waals surface area contributed by atoms with Crippen LogP contribution in [0.1, 0.15) is 18.9 Å². The molecule has 1 heterocycles. The van der Waals surface area contributed by atoms with Crippen LogP contribution < -0.4 is 19.5 Å². The maximum absolute atomic E-state index is 13.0. The second-order valence-corrected chi connectivity index (χ2v) is 9.88. The maximum atomic E-state index is 13.0. The molecule has 0 saturated carbocycles. The summed E-state index contributed by atoms with van der Waals surface area (Å²) in [6, 6.07) is 11.8. The lowest BCUT2D eigenvalue weighted by molar-refractivity contribution is -0.121. The zero-order chi connectivity index (χ0) is 24.6. The molecule has 3 rings (SSSR count). The van der Waals surface area contributed by atoms with Gasteiger partial charge in [0, 0.05) is 19.5 Å². The molecule has 9 nitrogen and oxygen atoms in total. The number of carbonyl (C=O) groups excluding carboxylic acids is 1. The maximum Gasteiger partial charge on any atom is 0.243 e. The van der Waals surface area contributed by atoms with Gasteiger partial charge in [-0.25, -0.2) is 8.42 Å². The van der Waals surface area contributed by atoms with E-state index in [4.69, 9.17) is 18.9 Å². The van der Waals surface area contributed by atoms with E-state index in [0.29, 0.717) is 56.4 Å². The lowest BCUT2D eigenvalue weighted by atomic mass is 10.1. The molecular weight excluding hydrogens is 460 g/mol. The van der Waals surface area contributed by atoms with Crippen molar-refractivity contribution in [2.24, 2.45) is 0 Å². The molecule has 0 unspecified atom stereocenters. The van der Waals surface area contributed by atoms with Crippen LogP contribution in [0.2, 0.25) is 0 Å². The summed E-state index contributed by atoms with van der Waals surface area (Å²) in [6.07, 6.45) is 0.526. The Morgan fingerprint density at radius 2 is 1.74 bits per heavy atom. The standard InChI is InChI=1S/C24H32N2O7S/c1-18(17-33-21-7-5-20(30-2)6-8-21)25-24(27)11-4-19-16-22(9-10-23(19)31-3)34(28,29)26-12-14-32-15-13-26/h5-10,16,18H,4,11-15,17H2,1-3H3,(H,25,27)/t18-/m1/s1. The average Bonchev–Trinajstić information content (AvgIpc) is 2.86. The van der Waals surface area contributed by atoms with Gasteiger partial charge in [-0.1, -0.05) is 0 Å².